The van der Waals surface area contributed by atoms with E-state index in [1.54, 1.807) is 24.3 Å². The van der Waals surface area contributed by atoms with E-state index in [1.165, 1.54) is 12.8 Å². The minimum absolute atomic E-state index is 0.197. The predicted octanol–water partition coefficient (Wildman–Crippen LogP) is 2.01. The summed E-state index contributed by atoms with van der Waals surface area (Å²) in [5.74, 6) is -1.69. The minimum atomic E-state index is -0.575. The van der Waals surface area contributed by atoms with Crippen molar-refractivity contribution in [1.29, 1.82) is 0 Å². The number of hydroxylamine groups is 2. The van der Waals surface area contributed by atoms with Gasteiger partial charge in [-0.05, 0) is 45.0 Å². The summed E-state index contributed by atoms with van der Waals surface area (Å²) in [6.45, 7) is 1.04. The standard InChI is InChI=1S/C17H20N2O4/c1-18-11-5-4-6-12(18)9-10-15(20)23-19-16(21)13-7-2-3-8-14(13)17(19)22/h2-3,7-8,12H,4-6,9-11H2,1H3. The average Bonchev–Trinajstić information content (AvgIpc) is 2.80. The molecule has 0 aliphatic carbocycles. The molecule has 1 saturated heterocycles. The number of amides is 2. The molecule has 0 radical (unpaired) electrons. The fourth-order valence-electron chi connectivity index (χ4n) is 3.19. The normalized spacial score (nSPS) is 21.4. The van der Waals surface area contributed by atoms with Crippen LogP contribution in [0, 0.1) is 0 Å². The van der Waals surface area contributed by atoms with Crippen LogP contribution in [0.2, 0.25) is 0 Å². The maximum Gasteiger partial charge on any atom is 0.333 e. The molecule has 1 aromatic rings. The summed E-state index contributed by atoms with van der Waals surface area (Å²) in [5.41, 5.74) is 0.551. The summed E-state index contributed by atoms with van der Waals surface area (Å²) in [4.78, 5) is 43.5. The highest BCUT2D eigenvalue weighted by atomic mass is 16.7. The number of likely N-dealkylation sites (tertiary alicyclic amines) is 1. The van der Waals surface area contributed by atoms with E-state index in [9.17, 15) is 14.4 Å². The Morgan fingerprint density at radius 3 is 2.43 bits per heavy atom. The van der Waals surface area contributed by atoms with E-state index in [1.807, 2.05) is 0 Å². The van der Waals surface area contributed by atoms with E-state index in [2.05, 4.69) is 11.9 Å². The van der Waals surface area contributed by atoms with Gasteiger partial charge in [-0.3, -0.25) is 9.59 Å². The van der Waals surface area contributed by atoms with Crippen LogP contribution < -0.4 is 0 Å². The van der Waals surface area contributed by atoms with Crippen LogP contribution in [0.3, 0.4) is 0 Å². The van der Waals surface area contributed by atoms with E-state index in [4.69, 9.17) is 4.84 Å². The zero-order chi connectivity index (χ0) is 16.4. The third kappa shape index (κ3) is 3.12. The quantitative estimate of drug-likeness (QED) is 0.795. The molecule has 23 heavy (non-hydrogen) atoms. The predicted molar refractivity (Wildman–Crippen MR) is 82.5 cm³/mol. The molecule has 6 nitrogen and oxygen atoms in total. The zero-order valence-electron chi connectivity index (χ0n) is 13.2. The minimum Gasteiger partial charge on any atom is -0.330 e. The van der Waals surface area contributed by atoms with Crippen molar-refractivity contribution in [3.63, 3.8) is 0 Å². The number of fused-ring (bicyclic) bond motifs is 1. The van der Waals surface area contributed by atoms with Crippen molar-refractivity contribution in [2.24, 2.45) is 0 Å². The molecule has 1 unspecified atom stereocenters. The number of nitrogens with zero attached hydrogens (tertiary/aromatic N) is 2. The van der Waals surface area contributed by atoms with Crippen LogP contribution in [-0.4, -0.2) is 47.4 Å². The van der Waals surface area contributed by atoms with Crippen LogP contribution in [0.4, 0.5) is 0 Å². The number of carbonyl (C=O) groups excluding carboxylic acids is 3. The molecule has 0 saturated carbocycles. The molecule has 1 fully saturated rings. The molecule has 122 valence electrons. The topological polar surface area (TPSA) is 66.9 Å². The molecule has 2 heterocycles. The van der Waals surface area contributed by atoms with Gasteiger partial charge in [-0.2, -0.15) is 0 Å². The van der Waals surface area contributed by atoms with Crippen LogP contribution in [0.15, 0.2) is 24.3 Å². The Hall–Kier alpha value is -2.21. The summed E-state index contributed by atoms with van der Waals surface area (Å²) in [7, 11) is 2.05. The van der Waals surface area contributed by atoms with Crippen LogP contribution in [0.1, 0.15) is 52.8 Å². The lowest BCUT2D eigenvalue weighted by Crippen LogP contribution is -2.37. The van der Waals surface area contributed by atoms with Crippen molar-refractivity contribution >= 4 is 17.8 Å². The Morgan fingerprint density at radius 1 is 1.17 bits per heavy atom. The van der Waals surface area contributed by atoms with Gasteiger partial charge in [0.15, 0.2) is 0 Å². The maximum atomic E-state index is 12.1. The fourth-order valence-corrected chi connectivity index (χ4v) is 3.19. The molecular weight excluding hydrogens is 296 g/mol. The first-order valence-corrected chi connectivity index (χ1v) is 7.97. The number of hydrogen-bond acceptors (Lipinski definition) is 5. The van der Waals surface area contributed by atoms with E-state index in [0.717, 1.165) is 13.0 Å². The highest BCUT2D eigenvalue weighted by molar-refractivity contribution is 6.20. The second-order valence-corrected chi connectivity index (χ2v) is 6.08. The van der Waals surface area contributed by atoms with E-state index in [0.29, 0.717) is 17.5 Å². The Labute approximate surface area is 135 Å². The van der Waals surface area contributed by atoms with Gasteiger partial charge in [-0.1, -0.05) is 23.6 Å². The summed E-state index contributed by atoms with van der Waals surface area (Å²) < 4.78 is 0. The third-order valence-electron chi connectivity index (χ3n) is 4.55. The van der Waals surface area contributed by atoms with Gasteiger partial charge >= 0.3 is 5.97 Å². The molecule has 2 aliphatic heterocycles. The van der Waals surface area contributed by atoms with Crippen molar-refractivity contribution in [2.75, 3.05) is 13.6 Å². The Morgan fingerprint density at radius 2 is 1.83 bits per heavy atom. The van der Waals surface area contributed by atoms with Gasteiger partial charge in [-0.25, -0.2) is 4.79 Å². The smallest absolute Gasteiger partial charge is 0.330 e. The molecule has 0 aromatic heterocycles. The number of carbonyl (C=O) groups is 3. The van der Waals surface area contributed by atoms with Crippen LogP contribution >= 0.6 is 0 Å². The number of benzene rings is 1. The molecule has 0 N–H and O–H groups in total. The Bertz CT molecular complexity index is 608. The highest BCUT2D eigenvalue weighted by Gasteiger charge is 2.38. The molecule has 0 spiro atoms. The summed E-state index contributed by atoms with van der Waals surface area (Å²) in [6.07, 6.45) is 4.30. The van der Waals surface area contributed by atoms with Crippen LogP contribution in [0.25, 0.3) is 0 Å². The summed E-state index contributed by atoms with van der Waals surface area (Å²) >= 11 is 0. The summed E-state index contributed by atoms with van der Waals surface area (Å²) in [5, 5.41) is 0.581. The monoisotopic (exact) mass is 316 g/mol. The van der Waals surface area contributed by atoms with Crippen LogP contribution in [-0.2, 0) is 9.63 Å². The van der Waals surface area contributed by atoms with Crippen molar-refractivity contribution in [2.45, 2.75) is 38.1 Å². The fraction of sp³-hybridized carbons (Fsp3) is 0.471. The van der Waals surface area contributed by atoms with Gasteiger partial charge in [0.25, 0.3) is 11.8 Å². The first-order valence-electron chi connectivity index (χ1n) is 7.97. The van der Waals surface area contributed by atoms with Gasteiger partial charge in [0.05, 0.1) is 11.1 Å². The SMILES string of the molecule is CN1CCCCC1CCC(=O)ON1C(=O)c2ccccc2C1=O. The van der Waals surface area contributed by atoms with Crippen molar-refractivity contribution in [1.82, 2.24) is 9.96 Å². The first-order chi connectivity index (χ1) is 11.1. The maximum absolute atomic E-state index is 12.1. The molecule has 2 amide bonds. The average molecular weight is 316 g/mol. The van der Waals surface area contributed by atoms with Crippen LogP contribution in [0.5, 0.6) is 0 Å². The van der Waals surface area contributed by atoms with Crippen molar-refractivity contribution in [3.05, 3.63) is 35.4 Å². The Kier molecular flexibility index (Phi) is 4.43. The van der Waals surface area contributed by atoms with Crippen molar-refractivity contribution in [3.8, 4) is 0 Å². The lowest BCUT2D eigenvalue weighted by atomic mass is 9.99. The van der Waals surface area contributed by atoms with E-state index >= 15 is 0 Å². The number of imide groups is 1. The Balaban J connectivity index is 1.57. The second kappa shape index (κ2) is 6.50. The van der Waals surface area contributed by atoms with Gasteiger partial charge in [0.1, 0.15) is 0 Å². The molecule has 2 aliphatic rings. The third-order valence-corrected chi connectivity index (χ3v) is 4.55. The molecule has 1 atom stereocenters. The lowest BCUT2D eigenvalue weighted by molar-refractivity contribution is -0.169. The van der Waals surface area contributed by atoms with E-state index in [-0.39, 0.29) is 17.5 Å². The molecule has 0 bridgehead atoms. The number of piperidine rings is 1. The second-order valence-electron chi connectivity index (χ2n) is 6.08. The van der Waals surface area contributed by atoms with Gasteiger partial charge in [0, 0.05) is 12.5 Å². The molecule has 3 rings (SSSR count). The lowest BCUT2D eigenvalue weighted by Gasteiger charge is -2.32. The molecule has 6 heteroatoms. The van der Waals surface area contributed by atoms with E-state index < -0.39 is 17.8 Å². The first kappa shape index (κ1) is 15.7. The van der Waals surface area contributed by atoms with Gasteiger partial charge < -0.3 is 9.74 Å². The van der Waals surface area contributed by atoms with Gasteiger partial charge in [-0.15, -0.1) is 0 Å². The highest BCUT2D eigenvalue weighted by Crippen LogP contribution is 2.24. The van der Waals surface area contributed by atoms with Crippen molar-refractivity contribution < 1.29 is 19.2 Å². The number of rotatable bonds is 4. The zero-order valence-corrected chi connectivity index (χ0v) is 13.2. The molecular formula is C17H20N2O4. The van der Waals surface area contributed by atoms with Gasteiger partial charge in [0.2, 0.25) is 0 Å². The largest absolute Gasteiger partial charge is 0.333 e. The number of hydrogen-bond donors (Lipinski definition) is 0. The summed E-state index contributed by atoms with van der Waals surface area (Å²) in [6, 6.07) is 6.82. The molecule has 1 aromatic carbocycles.